The molecule has 0 aromatic carbocycles. The van der Waals surface area contributed by atoms with Crippen LogP contribution >= 0.6 is 0 Å². The molecule has 0 bridgehead atoms. The maximum atomic E-state index is 8.83. The van der Waals surface area contributed by atoms with Crippen molar-refractivity contribution in [3.05, 3.63) is 0 Å². The summed E-state index contributed by atoms with van der Waals surface area (Å²) in [6.45, 7) is 4.20. The molecule has 18 heavy (non-hydrogen) atoms. The van der Waals surface area contributed by atoms with Gasteiger partial charge in [-0.05, 0) is 58.5 Å². The standard InChI is InChI=1S/C15H29N3/c1-15(17,13-16)10-6-7-11-18(2)12-14-8-4-3-5-9-14/h14H,3-12,17H2,1-2H3. The first-order valence-corrected chi connectivity index (χ1v) is 7.42. The van der Waals surface area contributed by atoms with E-state index in [0.29, 0.717) is 0 Å². The molecule has 0 radical (unpaired) electrons. The van der Waals surface area contributed by atoms with E-state index in [-0.39, 0.29) is 0 Å². The zero-order chi connectivity index (χ0) is 13.4. The molecule has 1 unspecified atom stereocenters. The number of hydrogen-bond acceptors (Lipinski definition) is 3. The summed E-state index contributed by atoms with van der Waals surface area (Å²) in [5.74, 6) is 0.919. The highest BCUT2D eigenvalue weighted by atomic mass is 15.1. The first-order chi connectivity index (χ1) is 8.53. The molecular formula is C15H29N3. The monoisotopic (exact) mass is 251 g/mol. The van der Waals surface area contributed by atoms with Gasteiger partial charge in [-0.1, -0.05) is 19.3 Å². The number of nitrogens with zero attached hydrogens (tertiary/aromatic N) is 2. The van der Waals surface area contributed by atoms with Gasteiger partial charge in [0.1, 0.15) is 5.54 Å². The summed E-state index contributed by atoms with van der Waals surface area (Å²) in [6, 6.07) is 2.16. The van der Waals surface area contributed by atoms with E-state index in [4.69, 9.17) is 11.0 Å². The number of unbranched alkanes of at least 4 members (excludes halogenated alkanes) is 1. The van der Waals surface area contributed by atoms with Crippen LogP contribution in [0.5, 0.6) is 0 Å². The fraction of sp³-hybridized carbons (Fsp3) is 0.933. The van der Waals surface area contributed by atoms with Gasteiger partial charge in [0.15, 0.2) is 0 Å². The summed E-state index contributed by atoms with van der Waals surface area (Å²) >= 11 is 0. The fourth-order valence-electron chi connectivity index (χ4n) is 2.83. The quantitative estimate of drug-likeness (QED) is 0.708. The second kappa shape index (κ2) is 7.76. The first-order valence-electron chi connectivity index (χ1n) is 7.42. The molecule has 1 fully saturated rings. The van der Waals surface area contributed by atoms with Crippen LogP contribution in [0.4, 0.5) is 0 Å². The topological polar surface area (TPSA) is 53.0 Å². The van der Waals surface area contributed by atoms with Crippen LogP contribution in [0.15, 0.2) is 0 Å². The molecule has 3 heteroatoms. The van der Waals surface area contributed by atoms with Crippen LogP contribution in [0, 0.1) is 17.2 Å². The van der Waals surface area contributed by atoms with E-state index >= 15 is 0 Å². The SMILES string of the molecule is CN(CCCCC(C)(N)C#N)CC1CCCCC1. The Balaban J connectivity index is 2.06. The molecule has 1 aliphatic carbocycles. The molecule has 0 amide bonds. The van der Waals surface area contributed by atoms with E-state index in [1.807, 2.05) is 6.92 Å². The van der Waals surface area contributed by atoms with Crippen molar-refractivity contribution < 1.29 is 0 Å². The second-order valence-electron chi connectivity index (χ2n) is 6.25. The number of nitriles is 1. The van der Waals surface area contributed by atoms with Gasteiger partial charge >= 0.3 is 0 Å². The van der Waals surface area contributed by atoms with E-state index in [0.717, 1.165) is 31.7 Å². The smallest absolute Gasteiger partial charge is 0.101 e. The van der Waals surface area contributed by atoms with Crippen LogP contribution in [-0.4, -0.2) is 30.6 Å². The Morgan fingerprint density at radius 2 is 1.94 bits per heavy atom. The minimum Gasteiger partial charge on any atom is -0.314 e. The van der Waals surface area contributed by atoms with Gasteiger partial charge in [-0.3, -0.25) is 0 Å². The molecule has 0 aromatic rings. The third-order valence-corrected chi connectivity index (χ3v) is 4.04. The lowest BCUT2D eigenvalue weighted by Crippen LogP contribution is -2.34. The lowest BCUT2D eigenvalue weighted by molar-refractivity contribution is 0.229. The highest BCUT2D eigenvalue weighted by molar-refractivity contribution is 5.00. The van der Waals surface area contributed by atoms with Gasteiger partial charge in [-0.25, -0.2) is 0 Å². The van der Waals surface area contributed by atoms with Crippen molar-refractivity contribution in [1.29, 1.82) is 5.26 Å². The molecule has 0 aliphatic heterocycles. The third-order valence-electron chi connectivity index (χ3n) is 4.04. The Morgan fingerprint density at radius 3 is 2.56 bits per heavy atom. The van der Waals surface area contributed by atoms with E-state index in [1.54, 1.807) is 0 Å². The molecule has 1 saturated carbocycles. The van der Waals surface area contributed by atoms with Crippen LogP contribution in [0.2, 0.25) is 0 Å². The van der Waals surface area contributed by atoms with E-state index < -0.39 is 5.54 Å². The molecule has 0 aromatic heterocycles. The molecule has 1 rings (SSSR count). The fourth-order valence-corrected chi connectivity index (χ4v) is 2.83. The van der Waals surface area contributed by atoms with E-state index in [2.05, 4.69) is 18.0 Å². The maximum Gasteiger partial charge on any atom is 0.101 e. The molecule has 0 heterocycles. The zero-order valence-electron chi connectivity index (χ0n) is 12.1. The second-order valence-corrected chi connectivity index (χ2v) is 6.25. The average molecular weight is 251 g/mol. The normalized spacial score (nSPS) is 20.6. The third kappa shape index (κ3) is 6.37. The van der Waals surface area contributed by atoms with Crippen LogP contribution in [0.3, 0.4) is 0 Å². The Bertz CT molecular complexity index is 261. The minimum atomic E-state index is -0.637. The van der Waals surface area contributed by atoms with Gasteiger partial charge in [0.2, 0.25) is 0 Å². The molecule has 104 valence electrons. The Morgan fingerprint density at radius 1 is 1.28 bits per heavy atom. The Kier molecular flexibility index (Phi) is 6.67. The maximum absolute atomic E-state index is 8.83. The van der Waals surface area contributed by atoms with Crippen LogP contribution in [-0.2, 0) is 0 Å². The Labute approximate surface area is 112 Å². The predicted octanol–water partition coefficient (Wildman–Crippen LogP) is 2.91. The number of rotatable bonds is 7. The molecular weight excluding hydrogens is 222 g/mol. The minimum absolute atomic E-state index is 0.637. The van der Waals surface area contributed by atoms with Crippen molar-refractivity contribution in [3.63, 3.8) is 0 Å². The molecule has 0 spiro atoms. The van der Waals surface area contributed by atoms with Crippen molar-refractivity contribution in [1.82, 2.24) is 4.90 Å². The highest BCUT2D eigenvalue weighted by Gasteiger charge is 2.17. The molecule has 1 atom stereocenters. The summed E-state index contributed by atoms with van der Waals surface area (Å²) in [7, 11) is 2.22. The lowest BCUT2D eigenvalue weighted by atomic mass is 9.89. The largest absolute Gasteiger partial charge is 0.314 e. The van der Waals surface area contributed by atoms with Gasteiger partial charge in [0.25, 0.3) is 0 Å². The van der Waals surface area contributed by atoms with Crippen LogP contribution in [0.1, 0.15) is 58.3 Å². The summed E-state index contributed by atoms with van der Waals surface area (Å²) in [5, 5.41) is 8.83. The van der Waals surface area contributed by atoms with Crippen molar-refractivity contribution in [3.8, 4) is 6.07 Å². The zero-order valence-corrected chi connectivity index (χ0v) is 12.1. The van der Waals surface area contributed by atoms with Crippen LogP contribution in [0.25, 0.3) is 0 Å². The molecule has 1 aliphatic rings. The van der Waals surface area contributed by atoms with Crippen LogP contribution < -0.4 is 5.73 Å². The van der Waals surface area contributed by atoms with Gasteiger partial charge < -0.3 is 10.6 Å². The van der Waals surface area contributed by atoms with Crippen molar-refractivity contribution in [2.45, 2.75) is 63.8 Å². The molecule has 2 N–H and O–H groups in total. The van der Waals surface area contributed by atoms with Crippen molar-refractivity contribution in [2.75, 3.05) is 20.1 Å². The van der Waals surface area contributed by atoms with Gasteiger partial charge in [-0.2, -0.15) is 5.26 Å². The highest BCUT2D eigenvalue weighted by Crippen LogP contribution is 2.24. The Hall–Kier alpha value is -0.590. The lowest BCUT2D eigenvalue weighted by Gasteiger charge is -2.27. The van der Waals surface area contributed by atoms with Crippen molar-refractivity contribution in [2.24, 2.45) is 11.7 Å². The molecule has 0 saturated heterocycles. The van der Waals surface area contributed by atoms with E-state index in [9.17, 15) is 0 Å². The molecule has 3 nitrogen and oxygen atoms in total. The van der Waals surface area contributed by atoms with Gasteiger partial charge in [0.05, 0.1) is 6.07 Å². The summed E-state index contributed by atoms with van der Waals surface area (Å²) in [6.07, 6.45) is 10.1. The summed E-state index contributed by atoms with van der Waals surface area (Å²) < 4.78 is 0. The summed E-state index contributed by atoms with van der Waals surface area (Å²) in [5.41, 5.74) is 5.17. The number of hydrogen-bond donors (Lipinski definition) is 1. The number of nitrogens with two attached hydrogens (primary N) is 1. The van der Waals surface area contributed by atoms with Gasteiger partial charge in [0, 0.05) is 6.54 Å². The van der Waals surface area contributed by atoms with E-state index in [1.165, 1.54) is 38.6 Å². The average Bonchev–Trinajstić information content (AvgIpc) is 2.36. The van der Waals surface area contributed by atoms with Crippen molar-refractivity contribution >= 4 is 0 Å². The summed E-state index contributed by atoms with van der Waals surface area (Å²) in [4.78, 5) is 2.45. The predicted molar refractivity (Wildman–Crippen MR) is 76.1 cm³/mol. The first kappa shape index (κ1) is 15.5. The van der Waals surface area contributed by atoms with Gasteiger partial charge in [-0.15, -0.1) is 0 Å².